The summed E-state index contributed by atoms with van der Waals surface area (Å²) in [5, 5.41) is 4.33. The molecule has 2 heterocycles. The lowest BCUT2D eigenvalue weighted by Gasteiger charge is -2.37. The topological polar surface area (TPSA) is 41.4 Å². The minimum atomic E-state index is -0.209. The van der Waals surface area contributed by atoms with Crippen molar-refractivity contribution in [3.05, 3.63) is 81.4 Å². The SMILES string of the molecule is O=c1c(Br)c(N2CCN(c3ccccc3F)CC2)cnn1-c1ccccc1. The van der Waals surface area contributed by atoms with Crippen molar-refractivity contribution in [2.75, 3.05) is 36.0 Å². The zero-order valence-corrected chi connectivity index (χ0v) is 16.1. The van der Waals surface area contributed by atoms with E-state index in [0.29, 0.717) is 36.3 Å². The molecule has 0 radical (unpaired) electrons. The van der Waals surface area contributed by atoms with Gasteiger partial charge in [0.25, 0.3) is 5.56 Å². The lowest BCUT2D eigenvalue weighted by Crippen LogP contribution is -2.47. The highest BCUT2D eigenvalue weighted by Crippen LogP contribution is 2.26. The van der Waals surface area contributed by atoms with Gasteiger partial charge in [-0.15, -0.1) is 0 Å². The van der Waals surface area contributed by atoms with Crippen molar-refractivity contribution in [1.29, 1.82) is 0 Å². The van der Waals surface area contributed by atoms with Crippen LogP contribution in [0, 0.1) is 5.82 Å². The van der Waals surface area contributed by atoms with Crippen LogP contribution in [0.2, 0.25) is 0 Å². The Hall–Kier alpha value is -2.67. The molecular weight excluding hydrogens is 411 g/mol. The zero-order valence-electron chi connectivity index (χ0n) is 14.6. The molecule has 1 fully saturated rings. The average Bonchev–Trinajstić information content (AvgIpc) is 2.71. The molecular formula is C20H18BrFN4O. The van der Waals surface area contributed by atoms with E-state index in [1.165, 1.54) is 10.7 Å². The molecule has 27 heavy (non-hydrogen) atoms. The third-order valence-electron chi connectivity index (χ3n) is 4.71. The predicted octanol–water partition coefficient (Wildman–Crippen LogP) is 3.46. The van der Waals surface area contributed by atoms with E-state index in [2.05, 4.69) is 25.9 Å². The van der Waals surface area contributed by atoms with Crippen LogP contribution in [0.1, 0.15) is 0 Å². The molecule has 0 saturated carbocycles. The molecule has 7 heteroatoms. The van der Waals surface area contributed by atoms with E-state index in [1.807, 2.05) is 41.3 Å². The Morgan fingerprint density at radius 1 is 0.852 bits per heavy atom. The molecule has 4 rings (SSSR count). The van der Waals surface area contributed by atoms with Gasteiger partial charge in [0.2, 0.25) is 0 Å². The smallest absolute Gasteiger partial charge is 0.287 e. The summed E-state index contributed by atoms with van der Waals surface area (Å²) < 4.78 is 15.9. The van der Waals surface area contributed by atoms with E-state index in [0.717, 1.165) is 11.4 Å². The second-order valence-electron chi connectivity index (χ2n) is 6.32. The number of halogens is 2. The van der Waals surface area contributed by atoms with Gasteiger partial charge < -0.3 is 9.80 Å². The van der Waals surface area contributed by atoms with Crippen LogP contribution in [0.15, 0.2) is 70.1 Å². The first-order chi connectivity index (χ1) is 13.1. The maximum absolute atomic E-state index is 14.0. The molecule has 1 aromatic heterocycles. The van der Waals surface area contributed by atoms with Crippen molar-refractivity contribution in [3.8, 4) is 5.69 Å². The third kappa shape index (κ3) is 3.47. The zero-order chi connectivity index (χ0) is 18.8. The first-order valence-electron chi connectivity index (χ1n) is 8.73. The van der Waals surface area contributed by atoms with Crippen molar-refractivity contribution < 1.29 is 4.39 Å². The van der Waals surface area contributed by atoms with E-state index in [1.54, 1.807) is 18.3 Å². The Bertz CT molecular complexity index is 1000. The Morgan fingerprint density at radius 3 is 2.11 bits per heavy atom. The van der Waals surface area contributed by atoms with E-state index in [4.69, 9.17) is 0 Å². The maximum Gasteiger partial charge on any atom is 0.287 e. The van der Waals surface area contributed by atoms with Crippen LogP contribution in [0.5, 0.6) is 0 Å². The van der Waals surface area contributed by atoms with Crippen LogP contribution in [0.25, 0.3) is 5.69 Å². The fourth-order valence-electron chi connectivity index (χ4n) is 3.29. The largest absolute Gasteiger partial charge is 0.366 e. The maximum atomic E-state index is 14.0. The van der Waals surface area contributed by atoms with Crippen molar-refractivity contribution in [2.45, 2.75) is 0 Å². The summed E-state index contributed by atoms with van der Waals surface area (Å²) in [6.07, 6.45) is 1.71. The summed E-state index contributed by atoms with van der Waals surface area (Å²) in [5.41, 5.74) is 1.91. The van der Waals surface area contributed by atoms with Gasteiger partial charge in [0.05, 0.1) is 23.3 Å². The molecule has 0 atom stereocenters. The van der Waals surface area contributed by atoms with Crippen molar-refractivity contribution >= 4 is 27.3 Å². The summed E-state index contributed by atoms with van der Waals surface area (Å²) in [6.45, 7) is 2.72. The summed E-state index contributed by atoms with van der Waals surface area (Å²) in [7, 11) is 0. The Labute approximate surface area is 164 Å². The summed E-state index contributed by atoms with van der Waals surface area (Å²) in [4.78, 5) is 16.9. The lowest BCUT2D eigenvalue weighted by molar-refractivity contribution is 0.596. The molecule has 0 bridgehead atoms. The fraction of sp³-hybridized carbons (Fsp3) is 0.200. The molecule has 0 spiro atoms. The van der Waals surface area contributed by atoms with Gasteiger partial charge in [-0.05, 0) is 40.2 Å². The van der Waals surface area contributed by atoms with Crippen LogP contribution in [0.3, 0.4) is 0 Å². The average molecular weight is 429 g/mol. The lowest BCUT2D eigenvalue weighted by atomic mass is 10.2. The Morgan fingerprint density at radius 2 is 1.44 bits per heavy atom. The quantitative estimate of drug-likeness (QED) is 0.640. The molecule has 0 aliphatic carbocycles. The predicted molar refractivity (Wildman–Crippen MR) is 108 cm³/mol. The van der Waals surface area contributed by atoms with Crippen LogP contribution in [-0.4, -0.2) is 36.0 Å². The monoisotopic (exact) mass is 428 g/mol. The number of aromatic nitrogens is 2. The van der Waals surface area contributed by atoms with Gasteiger partial charge in [-0.3, -0.25) is 4.79 Å². The molecule has 138 valence electrons. The van der Waals surface area contributed by atoms with E-state index < -0.39 is 0 Å². The second-order valence-corrected chi connectivity index (χ2v) is 7.11. The molecule has 1 aliphatic rings. The standard InChI is InChI=1S/C20H18BrFN4O/c21-19-18(14-23-26(20(19)27)15-6-2-1-3-7-15)25-12-10-24(11-13-25)17-9-5-4-8-16(17)22/h1-9,14H,10-13H2. The van der Waals surface area contributed by atoms with Gasteiger partial charge >= 0.3 is 0 Å². The minimum absolute atomic E-state index is 0.199. The fourth-order valence-corrected chi connectivity index (χ4v) is 3.82. The number of anilines is 2. The molecule has 0 amide bonds. The van der Waals surface area contributed by atoms with Crippen LogP contribution in [0.4, 0.5) is 15.8 Å². The number of benzene rings is 2. The summed E-state index contributed by atoms with van der Waals surface area (Å²) in [6, 6.07) is 16.1. The Balaban J connectivity index is 1.55. The Kier molecular flexibility index (Phi) is 4.94. The molecule has 0 N–H and O–H groups in total. The molecule has 0 unspecified atom stereocenters. The van der Waals surface area contributed by atoms with Gasteiger partial charge in [-0.2, -0.15) is 9.78 Å². The van der Waals surface area contributed by atoms with E-state index in [9.17, 15) is 9.18 Å². The van der Waals surface area contributed by atoms with Crippen LogP contribution >= 0.6 is 15.9 Å². The van der Waals surface area contributed by atoms with Gasteiger partial charge in [0.15, 0.2) is 0 Å². The van der Waals surface area contributed by atoms with Gasteiger partial charge in [0.1, 0.15) is 10.3 Å². The molecule has 1 saturated heterocycles. The number of piperazine rings is 1. The molecule has 1 aliphatic heterocycles. The number of rotatable bonds is 3. The van der Waals surface area contributed by atoms with Gasteiger partial charge in [-0.25, -0.2) is 4.39 Å². The highest BCUT2D eigenvalue weighted by Gasteiger charge is 2.22. The first kappa shape index (κ1) is 17.7. The summed E-state index contributed by atoms with van der Waals surface area (Å²) in [5.74, 6) is -0.209. The third-order valence-corrected chi connectivity index (χ3v) is 5.46. The normalized spacial score (nSPS) is 14.4. The van der Waals surface area contributed by atoms with Crippen molar-refractivity contribution in [3.63, 3.8) is 0 Å². The van der Waals surface area contributed by atoms with Crippen molar-refractivity contribution in [1.82, 2.24) is 9.78 Å². The second kappa shape index (κ2) is 7.52. The number of hydrogen-bond donors (Lipinski definition) is 0. The highest BCUT2D eigenvalue weighted by molar-refractivity contribution is 9.10. The first-order valence-corrected chi connectivity index (χ1v) is 9.52. The van der Waals surface area contributed by atoms with E-state index in [-0.39, 0.29) is 11.4 Å². The van der Waals surface area contributed by atoms with Gasteiger partial charge in [0, 0.05) is 26.2 Å². The van der Waals surface area contributed by atoms with Crippen molar-refractivity contribution in [2.24, 2.45) is 0 Å². The van der Waals surface area contributed by atoms with E-state index >= 15 is 0 Å². The number of hydrogen-bond acceptors (Lipinski definition) is 4. The molecule has 2 aromatic carbocycles. The number of para-hydroxylation sites is 2. The number of nitrogens with zero attached hydrogens (tertiary/aromatic N) is 4. The summed E-state index contributed by atoms with van der Waals surface area (Å²) >= 11 is 3.45. The van der Waals surface area contributed by atoms with Crippen LogP contribution in [-0.2, 0) is 0 Å². The molecule has 5 nitrogen and oxygen atoms in total. The van der Waals surface area contributed by atoms with Gasteiger partial charge in [-0.1, -0.05) is 30.3 Å². The van der Waals surface area contributed by atoms with Crippen LogP contribution < -0.4 is 15.4 Å². The minimum Gasteiger partial charge on any atom is -0.366 e. The molecule has 3 aromatic rings. The highest BCUT2D eigenvalue weighted by atomic mass is 79.9.